The molecule has 5 nitrogen and oxygen atoms in total. The molecule has 1 fully saturated rings. The normalized spacial score (nSPS) is 22.2. The largest absolute Gasteiger partial charge is 0.508 e. The second-order valence-electron chi connectivity index (χ2n) is 4.96. The average Bonchev–Trinajstić information content (AvgIpc) is 2.86. The zero-order valence-electron chi connectivity index (χ0n) is 10.7. The van der Waals surface area contributed by atoms with Crippen molar-refractivity contribution in [3.8, 4) is 5.75 Å². The topological polar surface area (TPSA) is 77.8 Å². The first-order valence-electron chi connectivity index (χ1n) is 6.28. The zero-order chi connectivity index (χ0) is 14.0. The Morgan fingerprint density at radius 3 is 2.53 bits per heavy atom. The number of hydrogen-bond acceptors (Lipinski definition) is 3. The Morgan fingerprint density at radius 1 is 1.26 bits per heavy atom. The fourth-order valence-electron chi connectivity index (χ4n) is 2.53. The lowest BCUT2D eigenvalue weighted by Crippen LogP contribution is -2.32. The van der Waals surface area contributed by atoms with Crippen LogP contribution in [0.15, 0.2) is 24.3 Å². The fraction of sp³-hybridized carbons (Fsp3) is 0.429. The van der Waals surface area contributed by atoms with Crippen LogP contribution in [-0.2, 0) is 9.59 Å². The highest BCUT2D eigenvalue weighted by Gasteiger charge is 2.35. The molecule has 0 radical (unpaired) electrons. The van der Waals surface area contributed by atoms with Crippen molar-refractivity contribution >= 4 is 17.6 Å². The maximum Gasteiger partial charge on any atom is 0.306 e. The molecule has 0 heterocycles. The lowest BCUT2D eigenvalue weighted by molar-refractivity contribution is -0.141. The van der Waals surface area contributed by atoms with Gasteiger partial charge in [-0.2, -0.15) is 0 Å². The monoisotopic (exact) mass is 263 g/mol. The molecule has 5 heteroatoms. The van der Waals surface area contributed by atoms with Crippen LogP contribution >= 0.6 is 0 Å². The number of carbonyl (C=O) groups is 2. The number of phenols is 1. The summed E-state index contributed by atoms with van der Waals surface area (Å²) in [5.74, 6) is -1.46. The van der Waals surface area contributed by atoms with E-state index < -0.39 is 11.9 Å². The van der Waals surface area contributed by atoms with Crippen LogP contribution in [0, 0.1) is 11.8 Å². The van der Waals surface area contributed by atoms with Crippen molar-refractivity contribution < 1.29 is 19.8 Å². The second kappa shape index (κ2) is 5.30. The summed E-state index contributed by atoms with van der Waals surface area (Å²) in [6.45, 7) is 0. The Morgan fingerprint density at radius 2 is 1.95 bits per heavy atom. The Bertz CT molecular complexity index is 500. The molecule has 102 valence electrons. The van der Waals surface area contributed by atoms with Crippen LogP contribution in [0.2, 0.25) is 0 Å². The van der Waals surface area contributed by atoms with Gasteiger partial charge in [-0.1, -0.05) is 6.07 Å². The highest BCUT2D eigenvalue weighted by atomic mass is 16.4. The third-order valence-electron chi connectivity index (χ3n) is 3.68. The van der Waals surface area contributed by atoms with Crippen molar-refractivity contribution in [2.24, 2.45) is 11.8 Å². The molecule has 0 aromatic heterocycles. The van der Waals surface area contributed by atoms with E-state index in [9.17, 15) is 14.7 Å². The van der Waals surface area contributed by atoms with Gasteiger partial charge in [-0.25, -0.2) is 0 Å². The summed E-state index contributed by atoms with van der Waals surface area (Å²) >= 11 is 0. The van der Waals surface area contributed by atoms with E-state index >= 15 is 0 Å². The lowest BCUT2D eigenvalue weighted by Gasteiger charge is -2.21. The highest BCUT2D eigenvalue weighted by molar-refractivity contribution is 5.95. The van der Waals surface area contributed by atoms with E-state index in [-0.39, 0.29) is 17.6 Å². The molecule has 1 aliphatic rings. The predicted molar refractivity (Wildman–Crippen MR) is 70.0 cm³/mol. The lowest BCUT2D eigenvalue weighted by atomic mass is 10.0. The van der Waals surface area contributed by atoms with Gasteiger partial charge in [-0.15, -0.1) is 0 Å². The molecular formula is C14H17NO4. The minimum absolute atomic E-state index is 0.0886. The molecular weight excluding hydrogens is 246 g/mol. The van der Waals surface area contributed by atoms with Crippen LogP contribution in [0.1, 0.15) is 19.3 Å². The van der Waals surface area contributed by atoms with Crippen molar-refractivity contribution in [1.29, 1.82) is 0 Å². The number of nitrogens with zero attached hydrogens (tertiary/aromatic N) is 1. The first-order valence-corrected chi connectivity index (χ1v) is 6.28. The van der Waals surface area contributed by atoms with Gasteiger partial charge < -0.3 is 15.1 Å². The minimum atomic E-state index is -0.824. The number of aromatic hydroxyl groups is 1. The van der Waals surface area contributed by atoms with Gasteiger partial charge in [0.1, 0.15) is 5.75 Å². The van der Waals surface area contributed by atoms with E-state index in [0.29, 0.717) is 24.9 Å². The van der Waals surface area contributed by atoms with Crippen molar-refractivity contribution in [3.05, 3.63) is 24.3 Å². The van der Waals surface area contributed by atoms with Crippen LogP contribution in [0.4, 0.5) is 5.69 Å². The SMILES string of the molecule is CN(C(=O)C1CCC(C(=O)O)C1)c1cccc(O)c1. The van der Waals surface area contributed by atoms with Crippen LogP contribution in [0.3, 0.4) is 0 Å². The van der Waals surface area contributed by atoms with Crippen LogP contribution < -0.4 is 4.90 Å². The first-order chi connectivity index (χ1) is 8.99. The molecule has 0 saturated heterocycles. The summed E-state index contributed by atoms with van der Waals surface area (Å²) in [6, 6.07) is 6.46. The molecule has 2 unspecified atom stereocenters. The molecule has 0 bridgehead atoms. The smallest absolute Gasteiger partial charge is 0.306 e. The standard InChI is InChI=1S/C14H17NO4/c1-15(11-3-2-4-12(16)8-11)13(17)9-5-6-10(7-9)14(18)19/h2-4,8-10,16H,5-7H2,1H3,(H,18,19). The summed E-state index contributed by atoms with van der Waals surface area (Å²) in [5, 5.41) is 18.4. The number of aliphatic carboxylic acids is 1. The van der Waals surface area contributed by atoms with Crippen LogP contribution in [0.5, 0.6) is 5.75 Å². The molecule has 1 aromatic carbocycles. The maximum absolute atomic E-state index is 12.3. The molecule has 0 spiro atoms. The third kappa shape index (κ3) is 2.86. The first kappa shape index (κ1) is 13.4. The molecule has 1 aliphatic carbocycles. The number of hydrogen-bond donors (Lipinski definition) is 2. The number of anilines is 1. The molecule has 2 atom stereocenters. The van der Waals surface area contributed by atoms with Gasteiger partial charge in [0.15, 0.2) is 0 Å². The van der Waals surface area contributed by atoms with Gasteiger partial charge in [0, 0.05) is 24.7 Å². The van der Waals surface area contributed by atoms with E-state index in [1.54, 1.807) is 19.2 Å². The number of carboxylic acid groups (broad SMARTS) is 1. The Kier molecular flexibility index (Phi) is 3.74. The molecule has 2 N–H and O–H groups in total. The Labute approximate surface area is 111 Å². The Balaban J connectivity index is 2.06. The van der Waals surface area contributed by atoms with Gasteiger partial charge in [-0.3, -0.25) is 9.59 Å². The summed E-state index contributed by atoms with van der Waals surface area (Å²) in [4.78, 5) is 24.7. The van der Waals surface area contributed by atoms with E-state index in [1.165, 1.54) is 17.0 Å². The van der Waals surface area contributed by atoms with Gasteiger partial charge in [0.05, 0.1) is 5.92 Å². The van der Waals surface area contributed by atoms with Crippen molar-refractivity contribution in [1.82, 2.24) is 0 Å². The fourth-order valence-corrected chi connectivity index (χ4v) is 2.53. The number of carboxylic acids is 1. The number of carbonyl (C=O) groups excluding carboxylic acids is 1. The number of amides is 1. The van der Waals surface area contributed by atoms with Gasteiger partial charge in [0.25, 0.3) is 0 Å². The van der Waals surface area contributed by atoms with E-state index in [1.807, 2.05) is 0 Å². The Hall–Kier alpha value is -2.04. The third-order valence-corrected chi connectivity index (χ3v) is 3.68. The summed E-state index contributed by atoms with van der Waals surface area (Å²) in [7, 11) is 1.64. The van der Waals surface area contributed by atoms with Gasteiger partial charge in [0.2, 0.25) is 5.91 Å². The number of rotatable bonds is 3. The van der Waals surface area contributed by atoms with Gasteiger partial charge >= 0.3 is 5.97 Å². The number of phenolic OH excluding ortho intramolecular Hbond substituents is 1. The van der Waals surface area contributed by atoms with Gasteiger partial charge in [-0.05, 0) is 31.4 Å². The molecule has 2 rings (SSSR count). The molecule has 0 aliphatic heterocycles. The molecule has 1 saturated carbocycles. The summed E-state index contributed by atoms with van der Waals surface area (Å²) in [6.07, 6.45) is 1.57. The molecule has 19 heavy (non-hydrogen) atoms. The van der Waals surface area contributed by atoms with Crippen molar-refractivity contribution in [2.45, 2.75) is 19.3 Å². The van der Waals surface area contributed by atoms with Crippen LogP contribution in [0.25, 0.3) is 0 Å². The quantitative estimate of drug-likeness (QED) is 0.872. The van der Waals surface area contributed by atoms with Crippen molar-refractivity contribution in [3.63, 3.8) is 0 Å². The van der Waals surface area contributed by atoms with E-state index in [2.05, 4.69) is 0 Å². The minimum Gasteiger partial charge on any atom is -0.508 e. The molecule has 1 amide bonds. The van der Waals surface area contributed by atoms with Crippen molar-refractivity contribution in [2.75, 3.05) is 11.9 Å². The highest BCUT2D eigenvalue weighted by Crippen LogP contribution is 2.33. The summed E-state index contributed by atoms with van der Waals surface area (Å²) in [5.41, 5.74) is 0.615. The van der Waals surface area contributed by atoms with E-state index in [4.69, 9.17) is 5.11 Å². The second-order valence-corrected chi connectivity index (χ2v) is 4.96. The zero-order valence-corrected chi connectivity index (χ0v) is 10.7. The average molecular weight is 263 g/mol. The predicted octanol–water partition coefficient (Wildman–Crippen LogP) is 1.86. The maximum atomic E-state index is 12.3. The van der Waals surface area contributed by atoms with E-state index in [0.717, 1.165) is 0 Å². The number of benzene rings is 1. The summed E-state index contributed by atoms with van der Waals surface area (Å²) < 4.78 is 0. The molecule has 1 aromatic rings. The van der Waals surface area contributed by atoms with Crippen LogP contribution in [-0.4, -0.2) is 29.1 Å².